The van der Waals surface area contributed by atoms with E-state index in [1.165, 1.54) is 29.9 Å². The average molecular weight is 382 g/mol. The molecule has 0 bridgehead atoms. The molecule has 26 heavy (non-hydrogen) atoms. The van der Waals surface area contributed by atoms with Crippen LogP contribution in [0, 0.1) is 0 Å². The van der Waals surface area contributed by atoms with Crippen LogP contribution in [0.4, 0.5) is 14.5 Å². The van der Waals surface area contributed by atoms with Gasteiger partial charge in [0.05, 0.1) is 25.9 Å². The Balaban J connectivity index is 1.53. The molecule has 1 atom stereocenters. The van der Waals surface area contributed by atoms with E-state index in [1.54, 1.807) is 18.4 Å². The van der Waals surface area contributed by atoms with E-state index >= 15 is 0 Å². The van der Waals surface area contributed by atoms with Gasteiger partial charge in [0.1, 0.15) is 5.75 Å². The number of hydrogen-bond acceptors (Lipinski definition) is 3. The van der Waals surface area contributed by atoms with Gasteiger partial charge in [0.25, 0.3) is 0 Å². The molecule has 2 aromatic rings. The molecule has 5 nitrogen and oxygen atoms in total. The van der Waals surface area contributed by atoms with Crippen molar-refractivity contribution < 1.29 is 22.8 Å². The number of quaternary nitrogens is 1. The molecule has 1 fully saturated rings. The van der Waals surface area contributed by atoms with Crippen LogP contribution in [0.5, 0.6) is 5.75 Å². The summed E-state index contributed by atoms with van der Waals surface area (Å²) in [6.07, 6.45) is 4.14. The summed E-state index contributed by atoms with van der Waals surface area (Å²) >= 11 is 5.35. The van der Waals surface area contributed by atoms with Crippen LogP contribution in [0.2, 0.25) is 0 Å². The second kappa shape index (κ2) is 8.95. The van der Waals surface area contributed by atoms with Gasteiger partial charge in [-0.1, -0.05) is 0 Å². The normalized spacial score (nSPS) is 15.8. The number of alkyl halides is 2. The summed E-state index contributed by atoms with van der Waals surface area (Å²) in [4.78, 5) is 1.49. The van der Waals surface area contributed by atoms with Gasteiger partial charge in [-0.3, -0.25) is 0 Å². The molecule has 0 aliphatic carbocycles. The van der Waals surface area contributed by atoms with Crippen molar-refractivity contribution in [3.05, 3.63) is 48.4 Å². The van der Waals surface area contributed by atoms with Crippen molar-refractivity contribution >= 4 is 23.0 Å². The molecule has 3 rings (SSSR count). The Kier molecular flexibility index (Phi) is 6.40. The third kappa shape index (κ3) is 5.15. The molecule has 8 heteroatoms. The molecule has 0 radical (unpaired) electrons. The molecule has 1 saturated heterocycles. The third-order valence-corrected chi connectivity index (χ3v) is 4.68. The molecular formula is C18H22F2N3O2S+. The minimum atomic E-state index is -2.83. The van der Waals surface area contributed by atoms with Crippen molar-refractivity contribution in [1.29, 1.82) is 0 Å². The molecular weight excluding hydrogens is 360 g/mol. The van der Waals surface area contributed by atoms with Gasteiger partial charge >= 0.3 is 6.61 Å². The first kappa shape index (κ1) is 18.6. The zero-order chi connectivity index (χ0) is 18.4. The average Bonchev–Trinajstić information content (AvgIpc) is 3.30. The fourth-order valence-electron chi connectivity index (χ4n) is 3.20. The smallest absolute Gasteiger partial charge is 0.387 e. The zero-order valence-corrected chi connectivity index (χ0v) is 15.0. The predicted octanol–water partition coefficient (Wildman–Crippen LogP) is 2.59. The topological polar surface area (TPSA) is 50.9 Å². The number of ether oxygens (including phenoxy) is 1. The number of hydrogen-bond donors (Lipinski definition) is 3. The molecule has 2 heterocycles. The van der Waals surface area contributed by atoms with Crippen LogP contribution in [-0.2, 0) is 0 Å². The second-order valence-electron chi connectivity index (χ2n) is 6.17. The first-order chi connectivity index (χ1) is 12.6. The molecule has 0 amide bonds. The summed E-state index contributed by atoms with van der Waals surface area (Å²) in [5.41, 5.74) is 0.701. The number of furan rings is 1. The summed E-state index contributed by atoms with van der Waals surface area (Å²) in [6.45, 7) is 0.0713. The number of halogens is 2. The van der Waals surface area contributed by atoms with E-state index in [0.29, 0.717) is 17.3 Å². The molecule has 1 aromatic heterocycles. The van der Waals surface area contributed by atoms with Crippen molar-refractivity contribution in [2.24, 2.45) is 0 Å². The summed E-state index contributed by atoms with van der Waals surface area (Å²) in [6, 6.07) is 10.3. The van der Waals surface area contributed by atoms with Gasteiger partial charge in [-0.25, -0.2) is 0 Å². The van der Waals surface area contributed by atoms with Crippen LogP contribution in [0.1, 0.15) is 24.6 Å². The Morgan fingerprint density at radius 2 is 1.92 bits per heavy atom. The summed E-state index contributed by atoms with van der Waals surface area (Å²) < 4.78 is 34.3. The highest BCUT2D eigenvalue weighted by Crippen LogP contribution is 2.17. The highest BCUT2D eigenvalue weighted by Gasteiger charge is 2.29. The lowest BCUT2D eigenvalue weighted by Gasteiger charge is -2.23. The molecule has 1 aliphatic rings. The molecule has 140 valence electrons. The maximum atomic E-state index is 12.2. The maximum Gasteiger partial charge on any atom is 0.387 e. The standard InChI is InChI=1S/C18H21F2N3O2S/c19-17(20)25-14-7-5-13(6-8-14)22-18(26)21-12-15(16-4-3-11-24-16)23-9-1-2-10-23/h3-8,11,15,17H,1-2,9-10,12H2,(H2,21,22,26)/p+1/t15-/m0/s1. The van der Waals surface area contributed by atoms with Gasteiger partial charge in [0, 0.05) is 18.5 Å². The number of nitrogens with one attached hydrogen (secondary N) is 3. The summed E-state index contributed by atoms with van der Waals surface area (Å²) in [5, 5.41) is 6.76. The fraction of sp³-hybridized carbons (Fsp3) is 0.389. The van der Waals surface area contributed by atoms with Crippen LogP contribution in [0.15, 0.2) is 47.1 Å². The number of benzene rings is 1. The highest BCUT2D eigenvalue weighted by molar-refractivity contribution is 7.80. The van der Waals surface area contributed by atoms with Crippen molar-refractivity contribution in [3.63, 3.8) is 0 Å². The molecule has 1 aliphatic heterocycles. The van der Waals surface area contributed by atoms with E-state index in [4.69, 9.17) is 16.6 Å². The number of thiocarbonyl (C=S) groups is 1. The van der Waals surface area contributed by atoms with E-state index in [9.17, 15) is 8.78 Å². The van der Waals surface area contributed by atoms with Gasteiger partial charge < -0.3 is 24.7 Å². The third-order valence-electron chi connectivity index (χ3n) is 4.43. The largest absolute Gasteiger partial charge is 0.463 e. The second-order valence-corrected chi connectivity index (χ2v) is 6.58. The molecule has 1 aromatic carbocycles. The van der Waals surface area contributed by atoms with Gasteiger partial charge in [-0.05, 0) is 48.6 Å². The lowest BCUT2D eigenvalue weighted by molar-refractivity contribution is -0.919. The van der Waals surface area contributed by atoms with E-state index in [2.05, 4.69) is 15.4 Å². The monoisotopic (exact) mass is 382 g/mol. The first-order valence-electron chi connectivity index (χ1n) is 8.59. The molecule has 0 unspecified atom stereocenters. The van der Waals surface area contributed by atoms with Crippen LogP contribution in [0.3, 0.4) is 0 Å². The first-order valence-corrected chi connectivity index (χ1v) is 9.00. The quantitative estimate of drug-likeness (QED) is 0.643. The van der Waals surface area contributed by atoms with Gasteiger partial charge in [-0.15, -0.1) is 0 Å². The van der Waals surface area contributed by atoms with Crippen LogP contribution >= 0.6 is 12.2 Å². The van der Waals surface area contributed by atoms with Gasteiger partial charge in [0.15, 0.2) is 16.9 Å². The van der Waals surface area contributed by atoms with Crippen molar-refractivity contribution in [1.82, 2.24) is 5.32 Å². The zero-order valence-electron chi connectivity index (χ0n) is 14.2. The summed E-state index contributed by atoms with van der Waals surface area (Å²) in [7, 11) is 0. The van der Waals surface area contributed by atoms with E-state index in [-0.39, 0.29) is 11.8 Å². The van der Waals surface area contributed by atoms with Crippen LogP contribution < -0.4 is 20.3 Å². The van der Waals surface area contributed by atoms with Gasteiger partial charge in [-0.2, -0.15) is 8.78 Å². The van der Waals surface area contributed by atoms with Crippen LogP contribution in [0.25, 0.3) is 0 Å². The Morgan fingerprint density at radius 3 is 2.54 bits per heavy atom. The van der Waals surface area contributed by atoms with E-state index in [1.807, 2.05) is 12.1 Å². The Labute approximate surface area is 156 Å². The van der Waals surface area contributed by atoms with Crippen molar-refractivity contribution in [2.75, 3.05) is 25.0 Å². The number of rotatable bonds is 7. The number of likely N-dealkylation sites (tertiary alicyclic amines) is 1. The van der Waals surface area contributed by atoms with Crippen molar-refractivity contribution in [2.45, 2.75) is 25.5 Å². The Bertz CT molecular complexity index is 689. The Morgan fingerprint density at radius 1 is 1.19 bits per heavy atom. The minimum Gasteiger partial charge on any atom is -0.463 e. The highest BCUT2D eigenvalue weighted by atomic mass is 32.1. The van der Waals surface area contributed by atoms with Crippen molar-refractivity contribution in [3.8, 4) is 5.75 Å². The van der Waals surface area contributed by atoms with E-state index in [0.717, 1.165) is 18.8 Å². The van der Waals surface area contributed by atoms with Crippen LogP contribution in [-0.4, -0.2) is 31.4 Å². The molecule has 3 N–H and O–H groups in total. The van der Waals surface area contributed by atoms with Gasteiger partial charge in [0.2, 0.25) is 0 Å². The lowest BCUT2D eigenvalue weighted by atomic mass is 10.2. The van der Waals surface area contributed by atoms with E-state index < -0.39 is 6.61 Å². The minimum absolute atomic E-state index is 0.111. The summed E-state index contributed by atoms with van der Waals surface area (Å²) in [5.74, 6) is 1.06. The SMILES string of the molecule is FC(F)Oc1ccc(NC(=S)NC[C@@H](c2ccco2)[NH+]2CCCC2)cc1. The number of anilines is 1. The predicted molar refractivity (Wildman–Crippen MR) is 98.7 cm³/mol. The lowest BCUT2D eigenvalue weighted by Crippen LogP contribution is -3.11. The Hall–Kier alpha value is -2.19. The molecule has 0 saturated carbocycles. The maximum absolute atomic E-state index is 12.2. The fourth-order valence-corrected chi connectivity index (χ4v) is 3.40. The molecule has 0 spiro atoms.